The number of methoxy groups -OCH3 is 1. The lowest BCUT2D eigenvalue weighted by Gasteiger charge is -2.05. The Morgan fingerprint density at radius 2 is 2.20 bits per heavy atom. The minimum atomic E-state index is 0.290. The van der Waals surface area contributed by atoms with Gasteiger partial charge < -0.3 is 9.30 Å². The SMILES string of the molecule is COc1ncnc2c1nc(CCl)n2Cc1ccc(Cl)s1. The highest BCUT2D eigenvalue weighted by atomic mass is 35.5. The van der Waals surface area contributed by atoms with Gasteiger partial charge in [0, 0.05) is 4.88 Å². The maximum absolute atomic E-state index is 5.98. The van der Waals surface area contributed by atoms with Gasteiger partial charge in [0.2, 0.25) is 5.88 Å². The van der Waals surface area contributed by atoms with Gasteiger partial charge >= 0.3 is 0 Å². The van der Waals surface area contributed by atoms with E-state index in [1.54, 1.807) is 7.11 Å². The number of imidazole rings is 1. The van der Waals surface area contributed by atoms with Gasteiger partial charge in [-0.05, 0) is 12.1 Å². The van der Waals surface area contributed by atoms with Crippen LogP contribution in [0.4, 0.5) is 0 Å². The van der Waals surface area contributed by atoms with E-state index in [0.717, 1.165) is 15.0 Å². The van der Waals surface area contributed by atoms with Gasteiger partial charge in [0.15, 0.2) is 11.2 Å². The van der Waals surface area contributed by atoms with Crippen LogP contribution in [0.5, 0.6) is 5.88 Å². The lowest BCUT2D eigenvalue weighted by molar-refractivity contribution is 0.401. The van der Waals surface area contributed by atoms with Crippen LogP contribution >= 0.6 is 34.5 Å². The fourth-order valence-corrected chi connectivity index (χ4v) is 3.25. The Kier molecular flexibility index (Phi) is 3.78. The van der Waals surface area contributed by atoms with Gasteiger partial charge in [-0.2, -0.15) is 4.98 Å². The van der Waals surface area contributed by atoms with Gasteiger partial charge in [-0.15, -0.1) is 22.9 Å². The molecule has 0 aliphatic carbocycles. The van der Waals surface area contributed by atoms with Crippen molar-refractivity contribution < 1.29 is 4.74 Å². The molecule has 0 aliphatic heterocycles. The molecule has 0 atom stereocenters. The van der Waals surface area contributed by atoms with Crippen LogP contribution in [0, 0.1) is 0 Å². The molecule has 104 valence electrons. The number of rotatable bonds is 4. The summed E-state index contributed by atoms with van der Waals surface area (Å²) in [7, 11) is 1.56. The minimum Gasteiger partial charge on any atom is -0.479 e. The monoisotopic (exact) mass is 328 g/mol. The Morgan fingerprint density at radius 3 is 2.85 bits per heavy atom. The molecule has 0 bridgehead atoms. The average molecular weight is 329 g/mol. The van der Waals surface area contributed by atoms with Crippen LogP contribution in [-0.4, -0.2) is 26.6 Å². The first-order valence-electron chi connectivity index (χ1n) is 5.77. The number of hydrogen-bond acceptors (Lipinski definition) is 5. The number of nitrogens with zero attached hydrogens (tertiary/aromatic N) is 4. The van der Waals surface area contributed by atoms with Crippen molar-refractivity contribution in [2.24, 2.45) is 0 Å². The number of hydrogen-bond donors (Lipinski definition) is 0. The molecule has 3 aromatic rings. The molecule has 5 nitrogen and oxygen atoms in total. The van der Waals surface area contributed by atoms with Crippen LogP contribution in [0.15, 0.2) is 18.5 Å². The van der Waals surface area contributed by atoms with Crippen LogP contribution in [0.3, 0.4) is 0 Å². The van der Waals surface area contributed by atoms with Crippen molar-refractivity contribution in [2.45, 2.75) is 12.4 Å². The number of aromatic nitrogens is 4. The molecule has 0 amide bonds. The van der Waals surface area contributed by atoms with Gasteiger partial charge in [0.05, 0.1) is 23.9 Å². The van der Waals surface area contributed by atoms with Gasteiger partial charge in [-0.1, -0.05) is 11.6 Å². The largest absolute Gasteiger partial charge is 0.479 e. The lowest BCUT2D eigenvalue weighted by Crippen LogP contribution is -2.03. The van der Waals surface area contributed by atoms with Crippen molar-refractivity contribution in [3.63, 3.8) is 0 Å². The maximum Gasteiger partial charge on any atom is 0.245 e. The van der Waals surface area contributed by atoms with Crippen LogP contribution in [-0.2, 0) is 12.4 Å². The van der Waals surface area contributed by atoms with E-state index in [0.29, 0.717) is 29.5 Å². The fraction of sp³-hybridized carbons (Fsp3) is 0.250. The van der Waals surface area contributed by atoms with Crippen molar-refractivity contribution in [1.29, 1.82) is 0 Å². The summed E-state index contributed by atoms with van der Waals surface area (Å²) in [6.45, 7) is 0.621. The predicted molar refractivity (Wildman–Crippen MR) is 79.9 cm³/mol. The smallest absolute Gasteiger partial charge is 0.245 e. The molecule has 3 heterocycles. The molecule has 8 heteroatoms. The van der Waals surface area contributed by atoms with E-state index in [1.807, 2.05) is 16.7 Å². The summed E-state index contributed by atoms with van der Waals surface area (Å²) in [5.41, 5.74) is 1.32. The maximum atomic E-state index is 5.98. The summed E-state index contributed by atoms with van der Waals surface area (Å²) in [4.78, 5) is 13.9. The first kappa shape index (κ1) is 13.6. The van der Waals surface area contributed by atoms with Gasteiger partial charge in [0.25, 0.3) is 0 Å². The van der Waals surface area contributed by atoms with E-state index in [2.05, 4.69) is 15.0 Å². The lowest BCUT2D eigenvalue weighted by atomic mass is 10.4. The number of alkyl halides is 1. The summed E-state index contributed by atoms with van der Waals surface area (Å²) < 4.78 is 7.91. The molecule has 0 fully saturated rings. The Labute approximate surface area is 129 Å². The Hall–Kier alpha value is -1.37. The molecular weight excluding hydrogens is 319 g/mol. The summed E-state index contributed by atoms with van der Waals surface area (Å²) in [6, 6.07) is 3.85. The second kappa shape index (κ2) is 5.55. The van der Waals surface area contributed by atoms with E-state index in [9.17, 15) is 0 Å². The van der Waals surface area contributed by atoms with Gasteiger partial charge in [-0.25, -0.2) is 9.97 Å². The Balaban J connectivity index is 2.13. The summed E-state index contributed by atoms with van der Waals surface area (Å²) in [5.74, 6) is 1.47. The molecule has 0 radical (unpaired) electrons. The van der Waals surface area contributed by atoms with Crippen molar-refractivity contribution in [3.05, 3.63) is 33.5 Å². The molecule has 20 heavy (non-hydrogen) atoms. The highest BCUT2D eigenvalue weighted by molar-refractivity contribution is 7.16. The zero-order valence-corrected chi connectivity index (χ0v) is 12.8. The van der Waals surface area contributed by atoms with E-state index in [4.69, 9.17) is 27.9 Å². The molecular formula is C12H10Cl2N4OS. The normalized spacial score (nSPS) is 11.2. The Bertz CT molecular complexity index is 755. The standard InChI is InChI=1S/C12H10Cl2N4OS/c1-19-12-10-11(15-6-16-12)18(9(4-13)17-10)5-7-2-3-8(14)20-7/h2-3,6H,4-5H2,1H3. The first-order valence-corrected chi connectivity index (χ1v) is 7.50. The van der Waals surface area contributed by atoms with Crippen LogP contribution in [0.25, 0.3) is 11.2 Å². The third-order valence-electron chi connectivity index (χ3n) is 2.83. The number of fused-ring (bicyclic) bond motifs is 1. The molecule has 0 N–H and O–H groups in total. The number of thiophene rings is 1. The van der Waals surface area contributed by atoms with E-state index >= 15 is 0 Å². The number of ether oxygens (including phenoxy) is 1. The molecule has 0 spiro atoms. The highest BCUT2D eigenvalue weighted by Crippen LogP contribution is 2.26. The molecule has 0 saturated carbocycles. The second-order valence-electron chi connectivity index (χ2n) is 4.01. The third kappa shape index (κ3) is 2.34. The summed E-state index contributed by atoms with van der Waals surface area (Å²) in [6.07, 6.45) is 1.46. The zero-order chi connectivity index (χ0) is 14.1. The molecule has 0 saturated heterocycles. The van der Waals surface area contributed by atoms with Crippen molar-refractivity contribution in [2.75, 3.05) is 7.11 Å². The minimum absolute atomic E-state index is 0.290. The topological polar surface area (TPSA) is 52.8 Å². The van der Waals surface area contributed by atoms with Crippen molar-refractivity contribution in [1.82, 2.24) is 19.5 Å². The van der Waals surface area contributed by atoms with Crippen LogP contribution in [0.2, 0.25) is 4.34 Å². The zero-order valence-electron chi connectivity index (χ0n) is 10.5. The van der Waals surface area contributed by atoms with E-state index < -0.39 is 0 Å². The second-order valence-corrected chi connectivity index (χ2v) is 6.08. The van der Waals surface area contributed by atoms with Gasteiger partial charge in [-0.3, -0.25) is 0 Å². The number of halogens is 2. The van der Waals surface area contributed by atoms with Gasteiger partial charge in [0.1, 0.15) is 12.2 Å². The molecule has 0 unspecified atom stereocenters. The summed E-state index contributed by atoms with van der Waals surface area (Å²) >= 11 is 13.5. The molecule has 3 aromatic heterocycles. The van der Waals surface area contributed by atoms with Crippen molar-refractivity contribution in [3.8, 4) is 5.88 Å². The average Bonchev–Trinajstić information content (AvgIpc) is 3.03. The third-order valence-corrected chi connectivity index (χ3v) is 4.29. The first-order chi connectivity index (χ1) is 9.72. The predicted octanol–water partition coefficient (Wildman–Crippen LogP) is 3.34. The van der Waals surface area contributed by atoms with E-state index in [-0.39, 0.29) is 0 Å². The van der Waals surface area contributed by atoms with Crippen molar-refractivity contribution >= 4 is 45.7 Å². The summed E-state index contributed by atoms with van der Waals surface area (Å²) in [5, 5.41) is 0. The van der Waals surface area contributed by atoms with E-state index in [1.165, 1.54) is 17.7 Å². The fourth-order valence-electron chi connectivity index (χ4n) is 1.97. The van der Waals surface area contributed by atoms with Crippen LogP contribution in [0.1, 0.15) is 10.7 Å². The Morgan fingerprint density at radius 1 is 1.35 bits per heavy atom. The highest BCUT2D eigenvalue weighted by Gasteiger charge is 2.16. The quantitative estimate of drug-likeness (QED) is 0.689. The van der Waals surface area contributed by atoms with Crippen LogP contribution < -0.4 is 4.74 Å². The molecule has 0 aliphatic rings. The molecule has 3 rings (SSSR count). The molecule has 0 aromatic carbocycles.